The molecule has 0 unspecified atom stereocenters. The summed E-state index contributed by atoms with van der Waals surface area (Å²) in [4.78, 5) is 12.3. The highest BCUT2D eigenvalue weighted by Crippen LogP contribution is 2.27. The van der Waals surface area contributed by atoms with Crippen molar-refractivity contribution in [1.82, 2.24) is 15.6 Å². The largest absolute Gasteiger partial charge is 0.493 e. The molecule has 2 N–H and O–H groups in total. The maximum Gasteiger partial charge on any atom is 0.291 e. The number of hydrazone groups is 1. The van der Waals surface area contributed by atoms with E-state index in [-0.39, 0.29) is 5.69 Å². The predicted octanol–water partition coefficient (Wildman–Crippen LogP) is 3.15. The molecular formula is C19H20N4O4. The van der Waals surface area contributed by atoms with Crippen LogP contribution in [0, 0.1) is 6.92 Å². The maximum absolute atomic E-state index is 12.3. The van der Waals surface area contributed by atoms with Crippen molar-refractivity contribution >= 4 is 11.6 Å². The van der Waals surface area contributed by atoms with E-state index in [1.54, 1.807) is 39.3 Å². The lowest BCUT2D eigenvalue weighted by Crippen LogP contribution is -2.19. The van der Waals surface area contributed by atoms with Crippen molar-refractivity contribution in [1.29, 1.82) is 0 Å². The molecule has 3 rings (SSSR count). The number of benzene rings is 1. The van der Waals surface area contributed by atoms with Gasteiger partial charge in [0.25, 0.3) is 5.91 Å². The number of amides is 1. The van der Waals surface area contributed by atoms with Gasteiger partial charge in [-0.1, -0.05) is 0 Å². The highest BCUT2D eigenvalue weighted by atomic mass is 16.5. The molecule has 8 heteroatoms. The average molecular weight is 368 g/mol. The summed E-state index contributed by atoms with van der Waals surface area (Å²) in [6, 6.07) is 10.7. The SMILES string of the molecule is COc1ccc(C(C)=NNC(=O)c2cc(-c3ccc(C)o3)[nH]n2)cc1OC. The van der Waals surface area contributed by atoms with E-state index in [2.05, 4.69) is 20.7 Å². The number of methoxy groups -OCH3 is 2. The Bertz CT molecular complexity index is 987. The third-order valence-electron chi connectivity index (χ3n) is 3.94. The van der Waals surface area contributed by atoms with Gasteiger partial charge in [-0.25, -0.2) is 5.43 Å². The zero-order valence-corrected chi connectivity index (χ0v) is 15.5. The summed E-state index contributed by atoms with van der Waals surface area (Å²) < 4.78 is 16.0. The minimum atomic E-state index is -0.430. The summed E-state index contributed by atoms with van der Waals surface area (Å²) in [6.07, 6.45) is 0. The normalized spacial score (nSPS) is 11.3. The first-order chi connectivity index (χ1) is 13.0. The van der Waals surface area contributed by atoms with E-state index in [0.717, 1.165) is 11.3 Å². The molecule has 27 heavy (non-hydrogen) atoms. The molecule has 0 aliphatic rings. The molecule has 0 saturated heterocycles. The number of hydrogen-bond donors (Lipinski definition) is 2. The molecule has 0 aliphatic carbocycles. The second-order valence-electron chi connectivity index (χ2n) is 5.79. The fourth-order valence-electron chi connectivity index (χ4n) is 2.46. The van der Waals surface area contributed by atoms with Crippen molar-refractivity contribution in [3.63, 3.8) is 0 Å². The highest BCUT2D eigenvalue weighted by Gasteiger charge is 2.13. The second kappa shape index (κ2) is 7.77. The van der Waals surface area contributed by atoms with Crippen LogP contribution in [-0.2, 0) is 0 Å². The van der Waals surface area contributed by atoms with Crippen LogP contribution < -0.4 is 14.9 Å². The van der Waals surface area contributed by atoms with Crippen molar-refractivity contribution in [2.24, 2.45) is 5.10 Å². The number of H-pyrrole nitrogens is 1. The lowest BCUT2D eigenvalue weighted by Gasteiger charge is -2.09. The first-order valence-corrected chi connectivity index (χ1v) is 8.21. The molecule has 3 aromatic rings. The van der Waals surface area contributed by atoms with Gasteiger partial charge in [-0.05, 0) is 44.2 Å². The maximum atomic E-state index is 12.3. The van der Waals surface area contributed by atoms with Crippen molar-refractivity contribution < 1.29 is 18.7 Å². The van der Waals surface area contributed by atoms with E-state index in [4.69, 9.17) is 13.9 Å². The Morgan fingerprint density at radius 3 is 2.59 bits per heavy atom. The number of nitrogens with one attached hydrogen (secondary N) is 2. The van der Waals surface area contributed by atoms with Crippen LogP contribution in [-0.4, -0.2) is 36.0 Å². The number of hydrogen-bond acceptors (Lipinski definition) is 6. The summed E-state index contributed by atoms with van der Waals surface area (Å²) >= 11 is 0. The lowest BCUT2D eigenvalue weighted by atomic mass is 10.1. The van der Waals surface area contributed by atoms with Crippen LogP contribution in [0.4, 0.5) is 0 Å². The van der Waals surface area contributed by atoms with E-state index in [9.17, 15) is 4.79 Å². The number of carbonyl (C=O) groups is 1. The minimum absolute atomic E-state index is 0.211. The highest BCUT2D eigenvalue weighted by molar-refractivity contribution is 6.01. The first kappa shape index (κ1) is 18.2. The number of ether oxygens (including phenoxy) is 2. The Balaban J connectivity index is 1.72. The minimum Gasteiger partial charge on any atom is -0.493 e. The van der Waals surface area contributed by atoms with Crippen molar-refractivity contribution in [2.45, 2.75) is 13.8 Å². The van der Waals surface area contributed by atoms with E-state index >= 15 is 0 Å². The van der Waals surface area contributed by atoms with Crippen LogP contribution in [0.5, 0.6) is 11.5 Å². The lowest BCUT2D eigenvalue weighted by molar-refractivity contribution is 0.0950. The van der Waals surface area contributed by atoms with Gasteiger partial charge < -0.3 is 13.9 Å². The molecule has 0 radical (unpaired) electrons. The Kier molecular flexibility index (Phi) is 5.25. The number of aromatic nitrogens is 2. The van der Waals surface area contributed by atoms with Crippen molar-refractivity contribution in [3.8, 4) is 23.0 Å². The van der Waals surface area contributed by atoms with Gasteiger partial charge in [0.1, 0.15) is 11.5 Å². The molecule has 0 spiro atoms. The van der Waals surface area contributed by atoms with Crippen molar-refractivity contribution in [2.75, 3.05) is 14.2 Å². The molecule has 0 atom stereocenters. The first-order valence-electron chi connectivity index (χ1n) is 8.21. The molecule has 2 aromatic heterocycles. The third-order valence-corrected chi connectivity index (χ3v) is 3.94. The van der Waals surface area contributed by atoms with Crippen molar-refractivity contribution in [3.05, 3.63) is 53.4 Å². The molecule has 0 bridgehead atoms. The summed E-state index contributed by atoms with van der Waals surface area (Å²) in [7, 11) is 3.13. The monoisotopic (exact) mass is 368 g/mol. The van der Waals surface area contributed by atoms with Gasteiger partial charge in [0.15, 0.2) is 23.0 Å². The van der Waals surface area contributed by atoms with Gasteiger partial charge in [-0.2, -0.15) is 10.2 Å². The fourth-order valence-corrected chi connectivity index (χ4v) is 2.46. The van der Waals surface area contributed by atoms with Crippen LogP contribution >= 0.6 is 0 Å². The molecule has 8 nitrogen and oxygen atoms in total. The van der Waals surface area contributed by atoms with Crippen LogP contribution in [0.25, 0.3) is 11.5 Å². The molecular weight excluding hydrogens is 348 g/mol. The summed E-state index contributed by atoms with van der Waals surface area (Å²) in [6.45, 7) is 3.63. The molecule has 0 saturated carbocycles. The van der Waals surface area contributed by atoms with Crippen LogP contribution in [0.3, 0.4) is 0 Å². The Morgan fingerprint density at radius 1 is 1.15 bits per heavy atom. The Hall–Kier alpha value is -3.55. The van der Waals surface area contributed by atoms with Crippen LogP contribution in [0.15, 0.2) is 45.9 Å². The Morgan fingerprint density at radius 2 is 1.93 bits per heavy atom. The van der Waals surface area contributed by atoms with Gasteiger partial charge in [0, 0.05) is 11.6 Å². The van der Waals surface area contributed by atoms with E-state index in [1.807, 2.05) is 25.1 Å². The van der Waals surface area contributed by atoms with E-state index in [1.165, 1.54) is 0 Å². The van der Waals surface area contributed by atoms with Gasteiger partial charge in [0.2, 0.25) is 0 Å². The number of aromatic amines is 1. The number of carbonyl (C=O) groups excluding carboxylic acids is 1. The number of nitrogens with zero attached hydrogens (tertiary/aromatic N) is 2. The molecule has 0 fully saturated rings. The number of furan rings is 1. The zero-order valence-electron chi connectivity index (χ0n) is 15.5. The van der Waals surface area contributed by atoms with Gasteiger partial charge in [-0.15, -0.1) is 0 Å². The molecule has 0 aliphatic heterocycles. The molecule has 1 aromatic carbocycles. The van der Waals surface area contributed by atoms with E-state index in [0.29, 0.717) is 28.7 Å². The smallest absolute Gasteiger partial charge is 0.291 e. The quantitative estimate of drug-likeness (QED) is 0.514. The standard InChI is InChI=1S/C19H20N4O4/c1-11-5-7-16(27-11)14-10-15(22-21-14)19(24)23-20-12(2)13-6-8-17(25-3)18(9-13)26-4/h5-10H,1-4H3,(H,21,22)(H,23,24). The summed E-state index contributed by atoms with van der Waals surface area (Å²) in [5.74, 6) is 2.17. The fraction of sp³-hybridized carbons (Fsp3) is 0.211. The number of rotatable bonds is 6. The Labute approximate surface area is 156 Å². The number of aryl methyl sites for hydroxylation is 1. The molecule has 1 amide bonds. The van der Waals surface area contributed by atoms with Gasteiger partial charge in [-0.3, -0.25) is 9.89 Å². The van der Waals surface area contributed by atoms with Gasteiger partial charge in [0.05, 0.1) is 19.9 Å². The molecule has 140 valence electrons. The third kappa shape index (κ3) is 4.00. The summed E-state index contributed by atoms with van der Waals surface area (Å²) in [5.41, 5.74) is 4.73. The predicted molar refractivity (Wildman–Crippen MR) is 100 cm³/mol. The van der Waals surface area contributed by atoms with Crippen LogP contribution in [0.2, 0.25) is 0 Å². The average Bonchev–Trinajstić information content (AvgIpc) is 3.34. The zero-order chi connectivity index (χ0) is 19.4. The van der Waals surface area contributed by atoms with Gasteiger partial charge >= 0.3 is 0 Å². The summed E-state index contributed by atoms with van der Waals surface area (Å²) in [5, 5.41) is 10.9. The van der Waals surface area contributed by atoms with Crippen LogP contribution in [0.1, 0.15) is 28.7 Å². The van der Waals surface area contributed by atoms with E-state index < -0.39 is 5.91 Å². The molecule has 2 heterocycles. The second-order valence-corrected chi connectivity index (χ2v) is 5.79. The topological polar surface area (TPSA) is 102 Å².